The average Bonchev–Trinajstić information content (AvgIpc) is 2.39. The van der Waals surface area contributed by atoms with E-state index in [0.717, 1.165) is 31.5 Å². The normalized spacial score (nSPS) is 19.1. The van der Waals surface area contributed by atoms with Crippen LogP contribution in [0.2, 0.25) is 0 Å². The van der Waals surface area contributed by atoms with Gasteiger partial charge >= 0.3 is 0 Å². The van der Waals surface area contributed by atoms with E-state index in [-0.39, 0.29) is 11.4 Å². The second kappa shape index (κ2) is 5.92. The molecule has 1 N–H and O–H groups in total. The molecule has 20 heavy (non-hydrogen) atoms. The van der Waals surface area contributed by atoms with Gasteiger partial charge in [-0.1, -0.05) is 0 Å². The van der Waals surface area contributed by atoms with Crippen molar-refractivity contribution in [2.75, 3.05) is 13.1 Å². The Morgan fingerprint density at radius 1 is 1.40 bits per heavy atom. The molecule has 0 radical (unpaired) electrons. The van der Waals surface area contributed by atoms with Crippen molar-refractivity contribution < 1.29 is 4.79 Å². The molecule has 4 heteroatoms. The highest BCUT2D eigenvalue weighted by Gasteiger charge is 2.32. The number of rotatable bonds is 3. The number of pyridine rings is 1. The molecule has 1 aliphatic rings. The summed E-state index contributed by atoms with van der Waals surface area (Å²) in [5.41, 5.74) is 1.55. The van der Waals surface area contributed by atoms with Crippen LogP contribution in [0.1, 0.15) is 49.5 Å². The lowest BCUT2D eigenvalue weighted by Gasteiger charge is -2.41. The maximum Gasteiger partial charge on any atom is 0.253 e. The van der Waals surface area contributed by atoms with Crippen LogP contribution in [-0.4, -0.2) is 40.5 Å². The molecule has 2 heterocycles. The Morgan fingerprint density at radius 2 is 2.05 bits per heavy atom. The Bertz CT molecular complexity index is 476. The first-order valence-electron chi connectivity index (χ1n) is 7.38. The van der Waals surface area contributed by atoms with Crippen LogP contribution in [-0.2, 0) is 0 Å². The van der Waals surface area contributed by atoms with Crippen LogP contribution in [0.4, 0.5) is 0 Å². The largest absolute Gasteiger partial charge is 0.347 e. The fourth-order valence-corrected chi connectivity index (χ4v) is 2.70. The van der Waals surface area contributed by atoms with Gasteiger partial charge in [-0.3, -0.25) is 9.78 Å². The third-order valence-corrected chi connectivity index (χ3v) is 4.33. The Hall–Kier alpha value is -1.42. The number of nitrogens with zero attached hydrogens (tertiary/aromatic N) is 2. The predicted molar refractivity (Wildman–Crippen MR) is 80.8 cm³/mol. The fraction of sp³-hybridized carbons (Fsp3) is 0.625. The number of aromatic nitrogens is 1. The van der Waals surface area contributed by atoms with E-state index in [0.29, 0.717) is 11.6 Å². The van der Waals surface area contributed by atoms with Gasteiger partial charge in [0.1, 0.15) is 0 Å². The molecule has 0 spiro atoms. The number of carbonyl (C=O) groups excluding carboxylic acids is 1. The van der Waals surface area contributed by atoms with Gasteiger partial charge in [-0.25, -0.2) is 0 Å². The van der Waals surface area contributed by atoms with Crippen molar-refractivity contribution in [3.05, 3.63) is 29.6 Å². The van der Waals surface area contributed by atoms with Crippen LogP contribution < -0.4 is 5.32 Å². The molecule has 0 aromatic carbocycles. The van der Waals surface area contributed by atoms with Gasteiger partial charge in [-0.15, -0.1) is 0 Å². The number of piperidine rings is 1. The Morgan fingerprint density at radius 3 is 2.60 bits per heavy atom. The van der Waals surface area contributed by atoms with E-state index in [9.17, 15) is 4.79 Å². The molecule has 1 aromatic rings. The van der Waals surface area contributed by atoms with E-state index >= 15 is 0 Å². The first kappa shape index (κ1) is 15.0. The zero-order valence-corrected chi connectivity index (χ0v) is 12.9. The molecule has 0 saturated carbocycles. The van der Waals surface area contributed by atoms with Gasteiger partial charge in [0.2, 0.25) is 0 Å². The molecule has 0 bridgehead atoms. The van der Waals surface area contributed by atoms with Crippen LogP contribution in [0.5, 0.6) is 0 Å². The molecule has 0 unspecified atom stereocenters. The Balaban J connectivity index is 2.00. The minimum atomic E-state index is -0.106. The second-order valence-corrected chi connectivity index (χ2v) is 6.34. The molecule has 110 valence electrons. The third kappa shape index (κ3) is 3.37. The summed E-state index contributed by atoms with van der Waals surface area (Å²) in [4.78, 5) is 18.9. The highest BCUT2D eigenvalue weighted by Crippen LogP contribution is 2.23. The van der Waals surface area contributed by atoms with Crippen molar-refractivity contribution in [3.63, 3.8) is 0 Å². The predicted octanol–water partition coefficient (Wildman–Crippen LogP) is 2.38. The number of nitrogens with one attached hydrogen (secondary N) is 1. The van der Waals surface area contributed by atoms with E-state index in [2.05, 4.69) is 36.0 Å². The summed E-state index contributed by atoms with van der Waals surface area (Å²) in [6.07, 6.45) is 5.36. The van der Waals surface area contributed by atoms with Crippen LogP contribution in [0.15, 0.2) is 18.5 Å². The minimum absolute atomic E-state index is 0.00361. The molecule has 1 amide bonds. The van der Waals surface area contributed by atoms with Crippen LogP contribution >= 0.6 is 0 Å². The fourth-order valence-electron chi connectivity index (χ4n) is 2.70. The van der Waals surface area contributed by atoms with Gasteiger partial charge in [-0.05, 0) is 52.2 Å². The first-order valence-corrected chi connectivity index (χ1v) is 7.38. The summed E-state index contributed by atoms with van der Waals surface area (Å²) in [6.45, 7) is 10.6. The third-order valence-electron chi connectivity index (χ3n) is 4.33. The number of amides is 1. The number of carbonyl (C=O) groups is 1. The summed E-state index contributed by atoms with van der Waals surface area (Å²) in [5, 5.41) is 3.21. The molecule has 1 aromatic heterocycles. The van der Waals surface area contributed by atoms with Gasteiger partial charge in [0.05, 0.1) is 5.56 Å². The number of hydrogen-bond acceptors (Lipinski definition) is 3. The minimum Gasteiger partial charge on any atom is -0.347 e. The average molecular weight is 275 g/mol. The van der Waals surface area contributed by atoms with Crippen LogP contribution in [0.3, 0.4) is 0 Å². The van der Waals surface area contributed by atoms with E-state index in [1.807, 2.05) is 13.0 Å². The number of aryl methyl sites for hydroxylation is 1. The standard InChI is InChI=1S/C16H25N3O/c1-12(2)19-9-6-16(4,7-10-19)18-15(20)14-11-17-8-5-13(14)3/h5,8,11-12H,6-7,9-10H2,1-4H3,(H,18,20). The van der Waals surface area contributed by atoms with Crippen molar-refractivity contribution in [3.8, 4) is 0 Å². The molecule has 1 fully saturated rings. The maximum absolute atomic E-state index is 12.4. The molecule has 1 saturated heterocycles. The van der Waals surface area contributed by atoms with Gasteiger partial charge in [0.15, 0.2) is 0 Å². The quantitative estimate of drug-likeness (QED) is 0.921. The summed E-state index contributed by atoms with van der Waals surface area (Å²) in [5.74, 6) is -0.00361. The lowest BCUT2D eigenvalue weighted by Crippen LogP contribution is -2.54. The Labute approximate surface area is 121 Å². The number of hydrogen-bond donors (Lipinski definition) is 1. The van der Waals surface area contributed by atoms with E-state index in [1.165, 1.54) is 0 Å². The van der Waals surface area contributed by atoms with Gasteiger partial charge in [0.25, 0.3) is 5.91 Å². The van der Waals surface area contributed by atoms with Gasteiger partial charge < -0.3 is 10.2 Å². The Kier molecular flexibility index (Phi) is 4.43. The van der Waals surface area contributed by atoms with Crippen molar-refractivity contribution in [1.29, 1.82) is 0 Å². The van der Waals surface area contributed by atoms with Gasteiger partial charge in [0, 0.05) is 37.1 Å². The summed E-state index contributed by atoms with van der Waals surface area (Å²) in [7, 11) is 0. The van der Waals surface area contributed by atoms with Crippen LogP contribution in [0.25, 0.3) is 0 Å². The molecular weight excluding hydrogens is 250 g/mol. The summed E-state index contributed by atoms with van der Waals surface area (Å²) in [6, 6.07) is 2.45. The molecule has 0 aliphatic carbocycles. The smallest absolute Gasteiger partial charge is 0.253 e. The zero-order chi connectivity index (χ0) is 14.8. The molecule has 4 nitrogen and oxygen atoms in total. The molecule has 1 aliphatic heterocycles. The highest BCUT2D eigenvalue weighted by molar-refractivity contribution is 5.95. The first-order chi connectivity index (χ1) is 9.41. The van der Waals surface area contributed by atoms with Crippen molar-refractivity contribution in [1.82, 2.24) is 15.2 Å². The lowest BCUT2D eigenvalue weighted by molar-refractivity contribution is 0.0801. The second-order valence-electron chi connectivity index (χ2n) is 6.34. The maximum atomic E-state index is 12.4. The number of likely N-dealkylation sites (tertiary alicyclic amines) is 1. The monoisotopic (exact) mass is 275 g/mol. The van der Waals surface area contributed by atoms with Gasteiger partial charge in [-0.2, -0.15) is 0 Å². The molecule has 2 rings (SSSR count). The van der Waals surface area contributed by atoms with Crippen molar-refractivity contribution in [2.24, 2.45) is 0 Å². The van der Waals surface area contributed by atoms with E-state index in [4.69, 9.17) is 0 Å². The SMILES string of the molecule is Cc1ccncc1C(=O)NC1(C)CCN(C(C)C)CC1. The summed E-state index contributed by atoms with van der Waals surface area (Å²) >= 11 is 0. The zero-order valence-electron chi connectivity index (χ0n) is 12.9. The van der Waals surface area contributed by atoms with E-state index in [1.54, 1.807) is 12.4 Å². The lowest BCUT2D eigenvalue weighted by atomic mass is 9.88. The molecular formula is C16H25N3O. The summed E-state index contributed by atoms with van der Waals surface area (Å²) < 4.78 is 0. The van der Waals surface area contributed by atoms with Crippen LogP contribution in [0, 0.1) is 6.92 Å². The topological polar surface area (TPSA) is 45.2 Å². The van der Waals surface area contributed by atoms with Crippen molar-refractivity contribution >= 4 is 5.91 Å². The molecule has 0 atom stereocenters. The van der Waals surface area contributed by atoms with E-state index < -0.39 is 0 Å². The highest BCUT2D eigenvalue weighted by atomic mass is 16.1. The van der Waals surface area contributed by atoms with Crippen molar-refractivity contribution in [2.45, 2.75) is 52.1 Å².